The molecule has 8 heteroatoms. The molecule has 134 valence electrons. The minimum atomic E-state index is -3.13. The molecule has 0 unspecified atom stereocenters. The summed E-state index contributed by atoms with van der Waals surface area (Å²) in [7, 11) is 0. The highest BCUT2D eigenvalue weighted by atomic mass is 19.3. The van der Waals surface area contributed by atoms with Gasteiger partial charge in [-0.05, 0) is 26.0 Å². The Kier molecular flexibility index (Phi) is 6.44. The number of amides is 1. The van der Waals surface area contributed by atoms with Crippen molar-refractivity contribution in [2.75, 3.05) is 26.3 Å². The van der Waals surface area contributed by atoms with Crippen LogP contribution in [0.3, 0.4) is 0 Å². The zero-order chi connectivity index (χ0) is 17.7. The van der Waals surface area contributed by atoms with E-state index in [0.29, 0.717) is 19.8 Å². The van der Waals surface area contributed by atoms with E-state index in [1.807, 2.05) is 13.8 Å². The van der Waals surface area contributed by atoms with Gasteiger partial charge in [-0.3, -0.25) is 9.69 Å². The van der Waals surface area contributed by atoms with Crippen molar-refractivity contribution >= 4 is 5.91 Å². The van der Waals surface area contributed by atoms with Crippen molar-refractivity contribution in [3.8, 4) is 5.75 Å². The van der Waals surface area contributed by atoms with Crippen molar-refractivity contribution in [2.45, 2.75) is 32.5 Å². The van der Waals surface area contributed by atoms with Crippen molar-refractivity contribution in [3.05, 3.63) is 29.6 Å². The first-order valence-electron chi connectivity index (χ1n) is 7.74. The van der Waals surface area contributed by atoms with Crippen molar-refractivity contribution < 1.29 is 27.4 Å². The monoisotopic (exact) mass is 346 g/mol. The lowest BCUT2D eigenvalue weighted by atomic mass is 10.1. The van der Waals surface area contributed by atoms with E-state index in [-0.39, 0.29) is 17.6 Å². The fourth-order valence-corrected chi connectivity index (χ4v) is 2.72. The number of carbonyl (C=O) groups is 1. The Morgan fingerprint density at radius 2 is 2.25 bits per heavy atom. The second-order valence-corrected chi connectivity index (χ2v) is 5.74. The Labute approximate surface area is 138 Å². The van der Waals surface area contributed by atoms with E-state index in [4.69, 9.17) is 4.74 Å². The van der Waals surface area contributed by atoms with Crippen molar-refractivity contribution in [1.29, 1.82) is 0 Å². The van der Waals surface area contributed by atoms with E-state index in [1.54, 1.807) is 0 Å². The molecule has 1 aliphatic rings. The fraction of sp³-hybridized carbons (Fsp3) is 0.562. The molecule has 0 bridgehead atoms. The maximum Gasteiger partial charge on any atom is 0.387 e. The zero-order valence-electron chi connectivity index (χ0n) is 13.6. The molecule has 2 rings (SSSR count). The number of nitrogens with one attached hydrogen (secondary N) is 1. The van der Waals surface area contributed by atoms with Gasteiger partial charge in [0.15, 0.2) is 0 Å². The lowest BCUT2D eigenvalue weighted by Crippen LogP contribution is -2.51. The molecule has 0 aromatic heterocycles. The summed E-state index contributed by atoms with van der Waals surface area (Å²) in [6, 6.07) is 3.21. The molecular weight excluding hydrogens is 325 g/mol. The minimum absolute atomic E-state index is 0.0489. The standard InChI is InChI=1S/C16H21F3N2O3/c1-10(21-5-6-23-9-11(21)2)8-20-15(22)13-4-3-12(17)7-14(13)24-16(18)19/h3-4,7,10-11,16H,5-6,8-9H2,1-2H3,(H,20,22)/t10-,11+/m1/s1. The zero-order valence-corrected chi connectivity index (χ0v) is 13.6. The number of benzene rings is 1. The molecule has 5 nitrogen and oxygen atoms in total. The smallest absolute Gasteiger partial charge is 0.387 e. The third kappa shape index (κ3) is 4.85. The number of hydrogen-bond donors (Lipinski definition) is 1. The molecule has 1 aromatic rings. The van der Waals surface area contributed by atoms with Crippen molar-refractivity contribution in [1.82, 2.24) is 10.2 Å². The number of ether oxygens (including phenoxy) is 2. The Morgan fingerprint density at radius 3 is 2.92 bits per heavy atom. The number of alkyl halides is 2. The van der Waals surface area contributed by atoms with Gasteiger partial charge in [-0.1, -0.05) is 0 Å². The Balaban J connectivity index is 1.99. The van der Waals surface area contributed by atoms with Crippen molar-refractivity contribution in [2.24, 2.45) is 0 Å². The molecule has 1 amide bonds. The fourth-order valence-electron chi connectivity index (χ4n) is 2.72. The van der Waals surface area contributed by atoms with Crippen LogP contribution in [0.25, 0.3) is 0 Å². The highest BCUT2D eigenvalue weighted by Crippen LogP contribution is 2.22. The molecule has 1 aromatic carbocycles. The van der Waals surface area contributed by atoms with Gasteiger partial charge in [-0.2, -0.15) is 8.78 Å². The van der Waals surface area contributed by atoms with Crippen LogP contribution in [0, 0.1) is 5.82 Å². The van der Waals surface area contributed by atoms with Crippen LogP contribution in [-0.2, 0) is 4.74 Å². The highest BCUT2D eigenvalue weighted by Gasteiger charge is 2.24. The van der Waals surface area contributed by atoms with E-state index < -0.39 is 24.1 Å². The number of carbonyl (C=O) groups excluding carboxylic acids is 1. The predicted octanol–water partition coefficient (Wildman–Crippen LogP) is 2.27. The van der Waals surface area contributed by atoms with Gasteiger partial charge in [-0.15, -0.1) is 0 Å². The number of halogens is 3. The maximum absolute atomic E-state index is 13.2. The Morgan fingerprint density at radius 1 is 1.50 bits per heavy atom. The lowest BCUT2D eigenvalue weighted by molar-refractivity contribution is -0.0503. The summed E-state index contributed by atoms with van der Waals surface area (Å²) in [4.78, 5) is 14.4. The highest BCUT2D eigenvalue weighted by molar-refractivity contribution is 5.96. The summed E-state index contributed by atoms with van der Waals surface area (Å²) in [5.74, 6) is -1.81. The molecule has 0 aliphatic carbocycles. The summed E-state index contributed by atoms with van der Waals surface area (Å²) in [6.07, 6.45) is 0. The quantitative estimate of drug-likeness (QED) is 0.859. The number of rotatable bonds is 6. The van der Waals surface area contributed by atoms with Gasteiger partial charge in [0, 0.05) is 31.2 Å². The van der Waals surface area contributed by atoms with Crippen LogP contribution < -0.4 is 10.1 Å². The maximum atomic E-state index is 13.2. The third-order valence-corrected chi connectivity index (χ3v) is 3.95. The van der Waals surface area contributed by atoms with Gasteiger partial charge in [0.1, 0.15) is 11.6 Å². The van der Waals surface area contributed by atoms with E-state index in [1.165, 1.54) is 0 Å². The predicted molar refractivity (Wildman–Crippen MR) is 81.8 cm³/mol. The Hall–Kier alpha value is -1.80. The van der Waals surface area contributed by atoms with Gasteiger partial charge < -0.3 is 14.8 Å². The van der Waals surface area contributed by atoms with Gasteiger partial charge in [0.05, 0.1) is 18.8 Å². The van der Waals surface area contributed by atoms with Crippen LogP contribution in [0.15, 0.2) is 18.2 Å². The minimum Gasteiger partial charge on any atom is -0.434 e. The second-order valence-electron chi connectivity index (χ2n) is 5.74. The number of hydrogen-bond acceptors (Lipinski definition) is 4. The van der Waals surface area contributed by atoms with Gasteiger partial charge in [-0.25, -0.2) is 4.39 Å². The number of morpholine rings is 1. The molecule has 0 spiro atoms. The molecule has 1 N–H and O–H groups in total. The molecule has 0 radical (unpaired) electrons. The summed E-state index contributed by atoms with van der Waals surface area (Å²) in [5, 5.41) is 2.68. The molecule has 1 aliphatic heterocycles. The van der Waals surface area contributed by atoms with Crippen LogP contribution in [0.5, 0.6) is 5.75 Å². The molecule has 1 saturated heterocycles. The SMILES string of the molecule is C[C@H](CNC(=O)c1ccc(F)cc1OC(F)F)N1CCOC[C@@H]1C. The second kappa shape index (κ2) is 8.34. The summed E-state index contributed by atoms with van der Waals surface area (Å²) in [5.41, 5.74) is -0.126. The molecule has 0 saturated carbocycles. The average molecular weight is 346 g/mol. The van der Waals surface area contributed by atoms with Crippen LogP contribution in [-0.4, -0.2) is 55.8 Å². The van der Waals surface area contributed by atoms with E-state index in [2.05, 4.69) is 15.0 Å². The van der Waals surface area contributed by atoms with Crippen LogP contribution >= 0.6 is 0 Å². The number of nitrogens with zero attached hydrogens (tertiary/aromatic N) is 1. The summed E-state index contributed by atoms with van der Waals surface area (Å²) in [6.45, 7) is 3.21. The Bertz CT molecular complexity index is 571. The van der Waals surface area contributed by atoms with Crippen LogP contribution in [0.1, 0.15) is 24.2 Å². The average Bonchev–Trinajstić information content (AvgIpc) is 2.52. The summed E-state index contributed by atoms with van der Waals surface area (Å²) >= 11 is 0. The first kappa shape index (κ1) is 18.5. The molecule has 1 heterocycles. The molecule has 2 atom stereocenters. The molecule has 1 fully saturated rings. The molecular formula is C16H21F3N2O3. The van der Waals surface area contributed by atoms with Gasteiger partial charge in [0.2, 0.25) is 0 Å². The van der Waals surface area contributed by atoms with Gasteiger partial charge >= 0.3 is 6.61 Å². The summed E-state index contributed by atoms with van der Waals surface area (Å²) < 4.78 is 47.6. The van der Waals surface area contributed by atoms with E-state index in [0.717, 1.165) is 24.7 Å². The van der Waals surface area contributed by atoms with E-state index in [9.17, 15) is 18.0 Å². The first-order valence-corrected chi connectivity index (χ1v) is 7.74. The molecule has 24 heavy (non-hydrogen) atoms. The normalized spacial score (nSPS) is 20.0. The van der Waals surface area contributed by atoms with Crippen LogP contribution in [0.4, 0.5) is 13.2 Å². The van der Waals surface area contributed by atoms with E-state index >= 15 is 0 Å². The third-order valence-electron chi connectivity index (χ3n) is 3.95. The van der Waals surface area contributed by atoms with Crippen LogP contribution in [0.2, 0.25) is 0 Å². The largest absolute Gasteiger partial charge is 0.434 e. The topological polar surface area (TPSA) is 50.8 Å². The lowest BCUT2D eigenvalue weighted by Gasteiger charge is -2.37. The van der Waals surface area contributed by atoms with Crippen molar-refractivity contribution in [3.63, 3.8) is 0 Å². The first-order chi connectivity index (χ1) is 11.4. The van der Waals surface area contributed by atoms with Gasteiger partial charge in [0.25, 0.3) is 5.91 Å².